The molecule has 0 saturated heterocycles. The molecule has 3 aromatic rings. The van der Waals surface area contributed by atoms with Gasteiger partial charge in [-0.3, -0.25) is 15.0 Å². The lowest BCUT2D eigenvalue weighted by Crippen LogP contribution is -2.38. The van der Waals surface area contributed by atoms with Crippen LogP contribution in [0, 0.1) is 11.6 Å². The molecule has 152 valence electrons. The van der Waals surface area contributed by atoms with Crippen molar-refractivity contribution in [2.45, 2.75) is 25.4 Å². The van der Waals surface area contributed by atoms with Crippen LogP contribution in [0.4, 0.5) is 22.0 Å². The highest BCUT2D eigenvalue weighted by Crippen LogP contribution is 2.21. The number of amides is 1. The van der Waals surface area contributed by atoms with Crippen LogP contribution >= 0.6 is 0 Å². The van der Waals surface area contributed by atoms with Gasteiger partial charge in [0.1, 0.15) is 23.9 Å². The smallest absolute Gasteiger partial charge is 0.273 e. The maximum atomic E-state index is 13.4. The monoisotopic (exact) mass is 411 g/mol. The van der Waals surface area contributed by atoms with Crippen molar-refractivity contribution in [2.75, 3.05) is 5.43 Å². The number of nitrogens with one attached hydrogen (secondary N) is 1. The Kier molecular flexibility index (Phi) is 5.62. The van der Waals surface area contributed by atoms with E-state index in [0.29, 0.717) is 10.2 Å². The van der Waals surface area contributed by atoms with Crippen LogP contribution in [0.5, 0.6) is 0 Å². The van der Waals surface area contributed by atoms with Gasteiger partial charge in [0, 0.05) is 12.5 Å². The molecule has 0 bridgehead atoms. The van der Waals surface area contributed by atoms with Gasteiger partial charge in [-0.2, -0.15) is 13.2 Å². The van der Waals surface area contributed by atoms with Crippen LogP contribution in [0.3, 0.4) is 0 Å². The summed E-state index contributed by atoms with van der Waals surface area (Å²) in [7, 11) is 0. The van der Waals surface area contributed by atoms with E-state index in [-0.39, 0.29) is 23.7 Å². The fourth-order valence-corrected chi connectivity index (χ4v) is 2.75. The third-order valence-electron chi connectivity index (χ3n) is 4.03. The second-order valence-electron chi connectivity index (χ2n) is 6.29. The first-order valence-corrected chi connectivity index (χ1v) is 8.44. The van der Waals surface area contributed by atoms with E-state index in [4.69, 9.17) is 0 Å². The minimum Gasteiger partial charge on any atom is -0.273 e. The maximum Gasteiger partial charge on any atom is 0.396 e. The zero-order chi connectivity index (χ0) is 21.2. The Morgan fingerprint density at radius 1 is 1.07 bits per heavy atom. The van der Waals surface area contributed by atoms with Crippen molar-refractivity contribution in [2.24, 2.45) is 0 Å². The lowest BCUT2D eigenvalue weighted by molar-refractivity contribution is -0.129. The summed E-state index contributed by atoms with van der Waals surface area (Å²) in [4.78, 5) is 28.5. The van der Waals surface area contributed by atoms with Gasteiger partial charge in [-0.1, -0.05) is 12.1 Å². The summed E-state index contributed by atoms with van der Waals surface area (Å²) < 4.78 is 65.7. The third-order valence-corrected chi connectivity index (χ3v) is 4.03. The summed E-state index contributed by atoms with van der Waals surface area (Å²) in [5.41, 5.74) is 1.40. The first-order valence-electron chi connectivity index (χ1n) is 8.44. The van der Waals surface area contributed by atoms with Gasteiger partial charge in [-0.05, 0) is 36.2 Å². The number of benzene rings is 2. The SMILES string of the molecule is O=C(CCc1cccc(F)c1)Nn1c(CC(F)(F)F)nc2cc(F)ccc2c1=O. The number of alkyl halides is 3. The molecule has 0 spiro atoms. The summed E-state index contributed by atoms with van der Waals surface area (Å²) in [6.45, 7) is 0. The average molecular weight is 411 g/mol. The van der Waals surface area contributed by atoms with Crippen LogP contribution in [-0.4, -0.2) is 21.7 Å². The first kappa shape index (κ1) is 20.4. The Bertz CT molecular complexity index is 1130. The van der Waals surface area contributed by atoms with Crippen molar-refractivity contribution in [1.29, 1.82) is 0 Å². The van der Waals surface area contributed by atoms with Crippen LogP contribution in [0.25, 0.3) is 10.9 Å². The fraction of sp³-hybridized carbons (Fsp3) is 0.211. The summed E-state index contributed by atoms with van der Waals surface area (Å²) in [6.07, 6.45) is -6.41. The second-order valence-corrected chi connectivity index (χ2v) is 6.29. The fourth-order valence-electron chi connectivity index (χ4n) is 2.75. The molecule has 0 atom stereocenters. The summed E-state index contributed by atoms with van der Waals surface area (Å²) in [5, 5.41) is -0.150. The van der Waals surface area contributed by atoms with Gasteiger partial charge in [-0.25, -0.2) is 18.4 Å². The highest BCUT2D eigenvalue weighted by atomic mass is 19.4. The lowest BCUT2D eigenvalue weighted by Gasteiger charge is -2.15. The Hall–Kier alpha value is -3.30. The molecule has 0 radical (unpaired) electrons. The largest absolute Gasteiger partial charge is 0.396 e. The molecule has 5 nitrogen and oxygen atoms in total. The van der Waals surface area contributed by atoms with Crippen molar-refractivity contribution in [3.05, 3.63) is 75.8 Å². The summed E-state index contributed by atoms with van der Waals surface area (Å²) >= 11 is 0. The molecule has 1 heterocycles. The Labute approximate surface area is 160 Å². The quantitative estimate of drug-likeness (QED) is 0.654. The van der Waals surface area contributed by atoms with E-state index >= 15 is 0 Å². The molecule has 29 heavy (non-hydrogen) atoms. The minimum absolute atomic E-state index is 0.110. The van der Waals surface area contributed by atoms with E-state index in [1.165, 1.54) is 18.2 Å². The number of nitrogens with zero attached hydrogens (tertiary/aromatic N) is 2. The van der Waals surface area contributed by atoms with Gasteiger partial charge in [0.05, 0.1) is 10.9 Å². The number of carbonyl (C=O) groups is 1. The molecule has 0 aliphatic rings. The van der Waals surface area contributed by atoms with Crippen molar-refractivity contribution in [3.8, 4) is 0 Å². The topological polar surface area (TPSA) is 64.0 Å². The number of hydrogen-bond donors (Lipinski definition) is 1. The normalized spacial score (nSPS) is 11.6. The van der Waals surface area contributed by atoms with Crippen molar-refractivity contribution >= 4 is 16.8 Å². The van der Waals surface area contributed by atoms with Crippen LogP contribution < -0.4 is 11.0 Å². The molecule has 10 heteroatoms. The van der Waals surface area contributed by atoms with E-state index in [1.807, 2.05) is 0 Å². The number of carbonyl (C=O) groups excluding carboxylic acids is 1. The van der Waals surface area contributed by atoms with E-state index < -0.39 is 41.5 Å². The maximum absolute atomic E-state index is 13.4. The minimum atomic E-state index is -4.71. The predicted molar refractivity (Wildman–Crippen MR) is 94.8 cm³/mol. The number of aryl methyl sites for hydroxylation is 1. The Morgan fingerprint density at radius 3 is 2.48 bits per heavy atom. The van der Waals surface area contributed by atoms with Gasteiger partial charge < -0.3 is 0 Å². The molecule has 0 aliphatic carbocycles. The zero-order valence-corrected chi connectivity index (χ0v) is 14.8. The van der Waals surface area contributed by atoms with Crippen LogP contribution in [-0.2, 0) is 17.6 Å². The second kappa shape index (κ2) is 7.98. The van der Waals surface area contributed by atoms with E-state index in [2.05, 4.69) is 10.4 Å². The van der Waals surface area contributed by atoms with E-state index in [9.17, 15) is 31.5 Å². The zero-order valence-electron chi connectivity index (χ0n) is 14.8. The standard InChI is InChI=1S/C19H14F5N3O2/c20-12-3-1-2-11(8-12)4-7-17(28)26-27-16(10-19(22,23)24)25-15-9-13(21)5-6-14(15)18(27)29/h1-3,5-6,8-9H,4,7,10H2,(H,26,28). The van der Waals surface area contributed by atoms with Crippen molar-refractivity contribution < 1.29 is 26.7 Å². The number of fused-ring (bicyclic) bond motifs is 1. The van der Waals surface area contributed by atoms with Crippen molar-refractivity contribution in [1.82, 2.24) is 9.66 Å². The number of halogens is 5. The molecule has 0 saturated carbocycles. The number of aromatic nitrogens is 2. The molecule has 1 N–H and O–H groups in total. The van der Waals surface area contributed by atoms with Crippen LogP contribution in [0.2, 0.25) is 0 Å². The summed E-state index contributed by atoms with van der Waals surface area (Å²) in [6, 6.07) is 8.38. The predicted octanol–water partition coefficient (Wildman–Crippen LogP) is 3.48. The molecule has 1 amide bonds. The van der Waals surface area contributed by atoms with Crippen LogP contribution in [0.15, 0.2) is 47.3 Å². The molecule has 0 fully saturated rings. The molecular weight excluding hydrogens is 397 g/mol. The highest BCUT2D eigenvalue weighted by molar-refractivity contribution is 5.84. The summed E-state index contributed by atoms with van der Waals surface area (Å²) in [5.74, 6) is -2.79. The molecular formula is C19H14F5N3O2. The molecule has 0 aliphatic heterocycles. The average Bonchev–Trinajstić information content (AvgIpc) is 2.62. The Balaban J connectivity index is 1.90. The molecule has 1 aromatic heterocycles. The highest BCUT2D eigenvalue weighted by Gasteiger charge is 2.31. The van der Waals surface area contributed by atoms with Gasteiger partial charge in [0.25, 0.3) is 5.56 Å². The van der Waals surface area contributed by atoms with Gasteiger partial charge in [0.15, 0.2) is 0 Å². The lowest BCUT2D eigenvalue weighted by atomic mass is 10.1. The Morgan fingerprint density at radius 2 is 1.79 bits per heavy atom. The number of hydrogen-bond acceptors (Lipinski definition) is 3. The van der Waals surface area contributed by atoms with E-state index in [0.717, 1.165) is 18.2 Å². The van der Waals surface area contributed by atoms with Gasteiger partial charge in [0.2, 0.25) is 5.91 Å². The first-order chi connectivity index (χ1) is 13.6. The molecule has 3 rings (SSSR count). The molecule has 2 aromatic carbocycles. The van der Waals surface area contributed by atoms with Crippen LogP contribution in [0.1, 0.15) is 17.8 Å². The van der Waals surface area contributed by atoms with Gasteiger partial charge >= 0.3 is 6.18 Å². The van der Waals surface area contributed by atoms with Crippen molar-refractivity contribution in [3.63, 3.8) is 0 Å². The molecule has 0 unspecified atom stereocenters. The van der Waals surface area contributed by atoms with Gasteiger partial charge in [-0.15, -0.1) is 0 Å². The van der Waals surface area contributed by atoms with E-state index in [1.54, 1.807) is 6.07 Å². The number of rotatable bonds is 5. The third kappa shape index (κ3) is 5.15.